The van der Waals surface area contributed by atoms with Crippen LogP contribution in [0.25, 0.3) is 71.6 Å². The lowest BCUT2D eigenvalue weighted by Gasteiger charge is -2.42. The molecule has 0 spiro atoms. The molecule has 3 heteroatoms. The molecule has 0 bridgehead atoms. The molecular weight excluding hydrogens is 757 g/mol. The maximum Gasteiger partial charge on any atom is 0.111 e. The largest absolute Gasteiger partial charge is 0.297 e. The van der Waals surface area contributed by atoms with Gasteiger partial charge >= 0.3 is 0 Å². The standard InChI is InChI=1S/C58H42N2S/c1-41-59-55-33-15-16-34-56(55)60(41)46-22-18-20-44(40-46)43-19-17-21-45(39-43)58-53-31-13-11-29-51(53)57(52-30-12-14-32-54(52)58)42-35-37-50(38-36-42)61(47-23-5-2-6-24-47,48-25-7-3-8-26-48)49-27-9-4-10-28-49/h2-40H,1H3. The Labute approximate surface area is 358 Å². The molecule has 11 rings (SSSR count). The van der Waals surface area contributed by atoms with Gasteiger partial charge in [0.1, 0.15) is 5.82 Å². The second-order valence-corrected chi connectivity index (χ2v) is 18.6. The lowest BCUT2D eigenvalue weighted by molar-refractivity contribution is 1.00. The van der Waals surface area contributed by atoms with E-state index in [9.17, 15) is 0 Å². The van der Waals surface area contributed by atoms with E-state index in [4.69, 9.17) is 4.98 Å². The number of hydrogen-bond donors (Lipinski definition) is 0. The first-order chi connectivity index (χ1) is 30.2. The molecule has 11 aromatic rings. The Bertz CT molecular complexity index is 3200. The normalized spacial score (nSPS) is 12.0. The monoisotopic (exact) mass is 798 g/mol. The highest BCUT2D eigenvalue weighted by Gasteiger charge is 2.33. The predicted molar refractivity (Wildman–Crippen MR) is 257 cm³/mol. The van der Waals surface area contributed by atoms with Gasteiger partial charge in [0.15, 0.2) is 0 Å². The number of para-hydroxylation sites is 2. The summed E-state index contributed by atoms with van der Waals surface area (Å²) in [5, 5.41) is 4.97. The Kier molecular flexibility index (Phi) is 9.18. The van der Waals surface area contributed by atoms with Gasteiger partial charge in [-0.05, 0) is 141 Å². The zero-order chi connectivity index (χ0) is 40.8. The van der Waals surface area contributed by atoms with Crippen molar-refractivity contribution in [2.75, 3.05) is 0 Å². The Morgan fingerprint density at radius 3 is 1.33 bits per heavy atom. The van der Waals surface area contributed by atoms with Gasteiger partial charge in [-0.25, -0.2) is 4.98 Å². The summed E-state index contributed by atoms with van der Waals surface area (Å²) in [5.41, 5.74) is 10.5. The van der Waals surface area contributed by atoms with Crippen LogP contribution in [0.5, 0.6) is 0 Å². The number of aromatic nitrogens is 2. The molecule has 0 unspecified atom stereocenters. The van der Waals surface area contributed by atoms with Crippen molar-refractivity contribution in [2.45, 2.75) is 26.5 Å². The van der Waals surface area contributed by atoms with E-state index in [0.29, 0.717) is 0 Å². The fourth-order valence-corrected chi connectivity index (χ4v) is 13.3. The Morgan fingerprint density at radius 2 is 0.770 bits per heavy atom. The predicted octanol–water partition coefficient (Wildman–Crippen LogP) is 16.0. The molecule has 0 saturated carbocycles. The van der Waals surface area contributed by atoms with E-state index in [1.807, 2.05) is 6.07 Å². The van der Waals surface area contributed by atoms with Crippen LogP contribution in [0.2, 0.25) is 0 Å². The zero-order valence-electron chi connectivity index (χ0n) is 33.8. The summed E-state index contributed by atoms with van der Waals surface area (Å²) in [6, 6.07) is 86.8. The van der Waals surface area contributed by atoms with Gasteiger partial charge in [0.25, 0.3) is 0 Å². The van der Waals surface area contributed by atoms with Crippen LogP contribution >= 0.6 is 10.0 Å². The molecular formula is C58H42N2S. The van der Waals surface area contributed by atoms with Crippen molar-refractivity contribution in [2.24, 2.45) is 0 Å². The van der Waals surface area contributed by atoms with Crippen LogP contribution in [-0.4, -0.2) is 9.55 Å². The number of hydrogen-bond acceptors (Lipinski definition) is 1. The molecule has 2 nitrogen and oxygen atoms in total. The molecule has 0 aliphatic heterocycles. The highest BCUT2D eigenvalue weighted by atomic mass is 32.3. The summed E-state index contributed by atoms with van der Waals surface area (Å²) in [6.07, 6.45) is 0. The fourth-order valence-electron chi connectivity index (χ4n) is 9.42. The molecule has 1 heterocycles. The van der Waals surface area contributed by atoms with E-state index in [1.165, 1.54) is 74.5 Å². The van der Waals surface area contributed by atoms with E-state index >= 15 is 0 Å². The molecule has 0 aliphatic rings. The lowest BCUT2D eigenvalue weighted by atomic mass is 9.85. The first-order valence-corrected chi connectivity index (χ1v) is 22.5. The van der Waals surface area contributed by atoms with E-state index in [-0.39, 0.29) is 0 Å². The average molecular weight is 799 g/mol. The number of nitrogens with zero attached hydrogens (tertiary/aromatic N) is 2. The summed E-state index contributed by atoms with van der Waals surface area (Å²) in [4.78, 5) is 10.1. The third kappa shape index (κ3) is 6.17. The van der Waals surface area contributed by atoms with Gasteiger partial charge in [0, 0.05) is 25.3 Å². The molecule has 0 radical (unpaired) electrons. The number of imidazole rings is 1. The minimum absolute atomic E-state index is 0.976. The molecule has 1 aromatic heterocycles. The van der Waals surface area contributed by atoms with E-state index < -0.39 is 10.0 Å². The molecule has 0 atom stereocenters. The number of rotatable bonds is 8. The molecule has 0 amide bonds. The van der Waals surface area contributed by atoms with Gasteiger partial charge in [-0.3, -0.25) is 4.57 Å². The maximum absolute atomic E-state index is 4.85. The third-order valence-corrected chi connectivity index (χ3v) is 16.0. The smallest absolute Gasteiger partial charge is 0.111 e. The number of aryl methyl sites for hydroxylation is 1. The van der Waals surface area contributed by atoms with Gasteiger partial charge in [0.05, 0.1) is 11.0 Å². The summed E-state index contributed by atoms with van der Waals surface area (Å²) in [7, 11) is -1.80. The van der Waals surface area contributed by atoms with Crippen LogP contribution in [0.4, 0.5) is 0 Å². The molecule has 61 heavy (non-hydrogen) atoms. The van der Waals surface area contributed by atoms with Crippen molar-refractivity contribution >= 4 is 42.6 Å². The van der Waals surface area contributed by atoms with Crippen molar-refractivity contribution in [1.82, 2.24) is 9.55 Å². The van der Waals surface area contributed by atoms with Gasteiger partial charge in [-0.1, -0.05) is 158 Å². The third-order valence-electron chi connectivity index (χ3n) is 12.0. The van der Waals surface area contributed by atoms with E-state index in [1.54, 1.807) is 0 Å². The molecule has 290 valence electrons. The minimum atomic E-state index is -1.80. The molecule has 0 N–H and O–H groups in total. The van der Waals surface area contributed by atoms with Crippen LogP contribution < -0.4 is 0 Å². The lowest BCUT2D eigenvalue weighted by Crippen LogP contribution is -2.05. The minimum Gasteiger partial charge on any atom is -0.297 e. The van der Waals surface area contributed by atoms with Crippen molar-refractivity contribution in [1.29, 1.82) is 0 Å². The van der Waals surface area contributed by atoms with Crippen molar-refractivity contribution in [3.8, 4) is 39.1 Å². The Morgan fingerprint density at radius 1 is 0.344 bits per heavy atom. The molecule has 0 fully saturated rings. The van der Waals surface area contributed by atoms with Crippen LogP contribution in [-0.2, 0) is 0 Å². The first-order valence-electron chi connectivity index (χ1n) is 20.9. The van der Waals surface area contributed by atoms with Crippen molar-refractivity contribution in [3.05, 3.63) is 242 Å². The number of fused-ring (bicyclic) bond motifs is 3. The van der Waals surface area contributed by atoms with Crippen LogP contribution in [0.3, 0.4) is 0 Å². The topological polar surface area (TPSA) is 17.8 Å². The van der Waals surface area contributed by atoms with Crippen molar-refractivity contribution < 1.29 is 0 Å². The van der Waals surface area contributed by atoms with Gasteiger partial charge in [0.2, 0.25) is 0 Å². The molecule has 0 aliphatic carbocycles. The number of benzene rings is 10. The highest BCUT2D eigenvalue weighted by molar-refractivity contribution is 8.34. The zero-order valence-corrected chi connectivity index (χ0v) is 34.6. The average Bonchev–Trinajstić information content (AvgIpc) is 3.68. The van der Waals surface area contributed by atoms with Gasteiger partial charge in [-0.2, -0.15) is 0 Å². The van der Waals surface area contributed by atoms with Crippen molar-refractivity contribution in [3.63, 3.8) is 0 Å². The summed E-state index contributed by atoms with van der Waals surface area (Å²) in [6.45, 7) is 2.08. The first kappa shape index (κ1) is 36.6. The quantitative estimate of drug-likeness (QED) is 0.140. The van der Waals surface area contributed by atoms with Gasteiger partial charge < -0.3 is 0 Å². The molecule has 10 aromatic carbocycles. The maximum atomic E-state index is 4.85. The van der Waals surface area contributed by atoms with Gasteiger partial charge in [-0.15, -0.1) is 10.0 Å². The van der Waals surface area contributed by atoms with Crippen LogP contribution in [0.1, 0.15) is 5.82 Å². The summed E-state index contributed by atoms with van der Waals surface area (Å²) >= 11 is 0. The summed E-state index contributed by atoms with van der Waals surface area (Å²) < 4.78 is 2.25. The second-order valence-electron chi connectivity index (χ2n) is 15.5. The highest BCUT2D eigenvalue weighted by Crippen LogP contribution is 2.73. The Balaban J connectivity index is 1.06. The fraction of sp³-hybridized carbons (Fsp3) is 0.0172. The molecule has 0 saturated heterocycles. The second kappa shape index (κ2) is 15.3. The summed E-state index contributed by atoms with van der Waals surface area (Å²) in [5.74, 6) is 0.976. The van der Waals surface area contributed by atoms with Crippen LogP contribution in [0.15, 0.2) is 256 Å². The Hall–Kier alpha value is -7.46. The SMILES string of the molecule is Cc1nc2ccccc2n1-c1cccc(-c2cccc(-c3c4ccccc4c(-c4ccc(S(c5ccccc5)(c5ccccc5)c5ccccc5)cc4)c4ccccc34)c2)c1. The van der Waals surface area contributed by atoms with E-state index in [0.717, 1.165) is 22.5 Å². The van der Waals surface area contributed by atoms with Crippen LogP contribution in [0, 0.1) is 6.92 Å². The van der Waals surface area contributed by atoms with E-state index in [2.05, 4.69) is 242 Å².